The summed E-state index contributed by atoms with van der Waals surface area (Å²) >= 11 is 0. The van der Waals surface area contributed by atoms with Gasteiger partial charge in [-0.3, -0.25) is 9.59 Å². The van der Waals surface area contributed by atoms with E-state index < -0.39 is 6.10 Å². The molecule has 2 aliphatic heterocycles. The van der Waals surface area contributed by atoms with Crippen molar-refractivity contribution in [3.05, 3.63) is 35.6 Å². The van der Waals surface area contributed by atoms with Crippen molar-refractivity contribution < 1.29 is 23.8 Å². The molecule has 0 radical (unpaired) electrons. The van der Waals surface area contributed by atoms with Crippen LogP contribution in [0.15, 0.2) is 24.3 Å². The van der Waals surface area contributed by atoms with Gasteiger partial charge in [0.25, 0.3) is 0 Å². The molecule has 2 aliphatic rings. The van der Waals surface area contributed by atoms with Crippen LogP contribution in [-0.4, -0.2) is 65.7 Å². The molecule has 1 N–H and O–H groups in total. The predicted octanol–water partition coefficient (Wildman–Crippen LogP) is 0.319. The number of amides is 2. The smallest absolute Gasteiger partial charge is 0.249 e. The second-order valence-electron chi connectivity index (χ2n) is 5.87. The number of likely N-dealkylation sites (tertiary alicyclic amines) is 1. The third-order valence-electron chi connectivity index (χ3n) is 4.24. The zero-order valence-electron chi connectivity index (χ0n) is 12.7. The number of ether oxygens (including phenoxy) is 1. The molecule has 0 bridgehead atoms. The highest BCUT2D eigenvalue weighted by molar-refractivity contribution is 5.86. The number of carbonyl (C=O) groups excluding carboxylic acids is 2. The second-order valence-corrected chi connectivity index (χ2v) is 5.87. The minimum atomic E-state index is -0.646. The average molecular weight is 322 g/mol. The number of aliphatic hydroxyl groups excluding tert-OH is 1. The normalized spacial score (nSPS) is 25.0. The molecule has 0 saturated carbocycles. The fraction of sp³-hybridized carbons (Fsp3) is 0.500. The highest BCUT2D eigenvalue weighted by atomic mass is 19.1. The Morgan fingerprint density at radius 1 is 1.43 bits per heavy atom. The number of hydrogen-bond acceptors (Lipinski definition) is 4. The number of β-amino-alcohol motifs (C(OH)–C–C–N with tert-alkyl or cyclic N) is 1. The molecule has 23 heavy (non-hydrogen) atoms. The maximum absolute atomic E-state index is 13.4. The number of halogens is 1. The molecule has 2 saturated heterocycles. The number of carbonyl (C=O) groups is 2. The topological polar surface area (TPSA) is 70.1 Å². The number of nitrogens with zero attached hydrogens (tertiary/aromatic N) is 2. The van der Waals surface area contributed by atoms with Gasteiger partial charge in [-0.25, -0.2) is 4.39 Å². The van der Waals surface area contributed by atoms with Crippen molar-refractivity contribution in [2.45, 2.75) is 18.6 Å². The van der Waals surface area contributed by atoms with Crippen molar-refractivity contribution in [1.29, 1.82) is 0 Å². The van der Waals surface area contributed by atoms with E-state index in [0.29, 0.717) is 25.1 Å². The summed E-state index contributed by atoms with van der Waals surface area (Å²) in [5.74, 6) is -0.836. The lowest BCUT2D eigenvalue weighted by molar-refractivity contribution is -0.148. The maximum Gasteiger partial charge on any atom is 0.249 e. The molecule has 7 heteroatoms. The lowest BCUT2D eigenvalue weighted by Gasteiger charge is -2.30. The van der Waals surface area contributed by atoms with Gasteiger partial charge in [0.15, 0.2) is 0 Å². The molecule has 6 nitrogen and oxygen atoms in total. The van der Waals surface area contributed by atoms with E-state index in [4.69, 9.17) is 4.74 Å². The number of hydrogen-bond donors (Lipinski definition) is 1. The number of morpholine rings is 1. The second kappa shape index (κ2) is 6.64. The summed E-state index contributed by atoms with van der Waals surface area (Å²) in [4.78, 5) is 27.3. The van der Waals surface area contributed by atoms with Crippen molar-refractivity contribution in [3.63, 3.8) is 0 Å². The standard InChI is InChI=1S/C16H19FN2O4/c17-12-3-1-2-11(6-12)14-7-13(20)8-19(14)15(21)9-18-4-5-23-10-16(18)22/h1-3,6,13-14,20H,4-5,7-10H2/t13-,14-/m1/s1. The molecule has 2 fully saturated rings. The highest BCUT2D eigenvalue weighted by Crippen LogP contribution is 2.32. The maximum atomic E-state index is 13.4. The molecule has 2 atom stereocenters. The van der Waals surface area contributed by atoms with E-state index in [1.807, 2.05) is 0 Å². The van der Waals surface area contributed by atoms with Crippen LogP contribution in [0.25, 0.3) is 0 Å². The van der Waals surface area contributed by atoms with E-state index in [0.717, 1.165) is 0 Å². The average Bonchev–Trinajstić information content (AvgIpc) is 2.92. The van der Waals surface area contributed by atoms with Crippen molar-refractivity contribution in [2.75, 3.05) is 32.8 Å². The van der Waals surface area contributed by atoms with E-state index >= 15 is 0 Å². The number of rotatable bonds is 3. The van der Waals surface area contributed by atoms with E-state index in [1.165, 1.54) is 21.9 Å². The van der Waals surface area contributed by atoms with Crippen LogP contribution in [0.5, 0.6) is 0 Å². The third kappa shape index (κ3) is 3.51. The quantitative estimate of drug-likeness (QED) is 0.870. The van der Waals surface area contributed by atoms with Crippen LogP contribution >= 0.6 is 0 Å². The lowest BCUT2D eigenvalue weighted by atomic mass is 10.0. The molecular formula is C16H19FN2O4. The first kappa shape index (κ1) is 15.9. The summed E-state index contributed by atoms with van der Waals surface area (Å²) in [5.41, 5.74) is 0.656. The predicted molar refractivity (Wildman–Crippen MR) is 78.9 cm³/mol. The van der Waals surface area contributed by atoms with E-state index in [2.05, 4.69) is 0 Å². The van der Waals surface area contributed by atoms with Crippen LogP contribution in [0.1, 0.15) is 18.0 Å². The summed E-state index contributed by atoms with van der Waals surface area (Å²) < 4.78 is 18.5. The largest absolute Gasteiger partial charge is 0.391 e. The van der Waals surface area contributed by atoms with Gasteiger partial charge in [0.05, 0.1) is 25.3 Å². The highest BCUT2D eigenvalue weighted by Gasteiger charge is 2.36. The molecule has 0 unspecified atom stereocenters. The van der Waals surface area contributed by atoms with Gasteiger partial charge in [-0.05, 0) is 24.1 Å². The van der Waals surface area contributed by atoms with Gasteiger partial charge in [0.1, 0.15) is 12.4 Å². The first-order valence-electron chi connectivity index (χ1n) is 7.63. The summed E-state index contributed by atoms with van der Waals surface area (Å²) in [6.45, 7) is 0.934. The minimum absolute atomic E-state index is 0.0107. The Balaban J connectivity index is 1.73. The van der Waals surface area contributed by atoms with Crippen LogP contribution in [0.3, 0.4) is 0 Å². The first-order valence-corrected chi connectivity index (χ1v) is 7.63. The summed E-state index contributed by atoms with van der Waals surface area (Å²) in [6, 6.07) is 5.68. The summed E-state index contributed by atoms with van der Waals surface area (Å²) in [7, 11) is 0. The summed E-state index contributed by atoms with van der Waals surface area (Å²) in [5, 5.41) is 9.92. The Hall–Kier alpha value is -1.99. The Morgan fingerprint density at radius 3 is 3.00 bits per heavy atom. The summed E-state index contributed by atoms with van der Waals surface area (Å²) in [6.07, 6.45) is -0.278. The molecule has 0 aromatic heterocycles. The number of benzene rings is 1. The molecule has 124 valence electrons. The SMILES string of the molecule is O=C1COCCN1CC(=O)N1C[C@H](O)C[C@@H]1c1cccc(F)c1. The third-order valence-corrected chi connectivity index (χ3v) is 4.24. The van der Waals surface area contributed by atoms with Crippen molar-refractivity contribution >= 4 is 11.8 Å². The van der Waals surface area contributed by atoms with Crippen LogP contribution in [0.2, 0.25) is 0 Å². The monoisotopic (exact) mass is 322 g/mol. The Bertz CT molecular complexity index is 609. The van der Waals surface area contributed by atoms with Gasteiger partial charge in [0, 0.05) is 13.1 Å². The van der Waals surface area contributed by atoms with Gasteiger partial charge >= 0.3 is 0 Å². The van der Waals surface area contributed by atoms with Gasteiger partial charge in [0.2, 0.25) is 11.8 Å². The molecule has 1 aromatic rings. The van der Waals surface area contributed by atoms with E-state index in [1.54, 1.807) is 12.1 Å². The van der Waals surface area contributed by atoms with Crippen LogP contribution in [0, 0.1) is 5.82 Å². The van der Waals surface area contributed by atoms with Crippen LogP contribution in [0.4, 0.5) is 4.39 Å². The van der Waals surface area contributed by atoms with E-state index in [-0.39, 0.29) is 43.4 Å². The Labute approximate surface area is 133 Å². The molecule has 2 amide bonds. The molecule has 1 aromatic carbocycles. The van der Waals surface area contributed by atoms with Gasteiger partial charge in [-0.15, -0.1) is 0 Å². The molecular weight excluding hydrogens is 303 g/mol. The fourth-order valence-corrected chi connectivity index (χ4v) is 3.09. The van der Waals surface area contributed by atoms with Gasteiger partial charge in [-0.1, -0.05) is 12.1 Å². The van der Waals surface area contributed by atoms with Crippen molar-refractivity contribution in [1.82, 2.24) is 9.80 Å². The van der Waals surface area contributed by atoms with Crippen molar-refractivity contribution in [3.8, 4) is 0 Å². The van der Waals surface area contributed by atoms with Crippen molar-refractivity contribution in [2.24, 2.45) is 0 Å². The van der Waals surface area contributed by atoms with Gasteiger partial charge < -0.3 is 19.6 Å². The zero-order chi connectivity index (χ0) is 16.4. The lowest BCUT2D eigenvalue weighted by Crippen LogP contribution is -2.48. The fourth-order valence-electron chi connectivity index (χ4n) is 3.09. The first-order chi connectivity index (χ1) is 11.0. The molecule has 3 rings (SSSR count). The zero-order valence-corrected chi connectivity index (χ0v) is 12.7. The minimum Gasteiger partial charge on any atom is -0.391 e. The van der Waals surface area contributed by atoms with Gasteiger partial charge in [-0.2, -0.15) is 0 Å². The molecule has 2 heterocycles. The van der Waals surface area contributed by atoms with E-state index in [9.17, 15) is 19.1 Å². The Morgan fingerprint density at radius 2 is 2.26 bits per heavy atom. The molecule has 0 aliphatic carbocycles. The molecule has 0 spiro atoms. The number of aliphatic hydroxyl groups is 1. The van der Waals surface area contributed by atoms with Crippen LogP contribution < -0.4 is 0 Å². The Kier molecular flexibility index (Phi) is 4.58. The van der Waals surface area contributed by atoms with Crippen LogP contribution in [-0.2, 0) is 14.3 Å².